The third-order valence-electron chi connectivity index (χ3n) is 3.64. The lowest BCUT2D eigenvalue weighted by Gasteiger charge is -2.40. The molecule has 1 aliphatic carbocycles. The van der Waals surface area contributed by atoms with Gasteiger partial charge in [-0.05, 0) is 19.3 Å². The van der Waals surface area contributed by atoms with E-state index < -0.39 is 0 Å². The van der Waals surface area contributed by atoms with Crippen LogP contribution in [0.5, 0.6) is 0 Å². The second kappa shape index (κ2) is 5.58. The molecule has 112 valence electrons. The van der Waals surface area contributed by atoms with E-state index in [0.717, 1.165) is 12.8 Å². The number of nitrogen functional groups attached to an aromatic ring is 1. The predicted molar refractivity (Wildman–Crippen MR) is 74.6 cm³/mol. The molecule has 0 aromatic carbocycles. The quantitative estimate of drug-likeness (QED) is 0.486. The zero-order valence-electron chi connectivity index (χ0n) is 11.7. The number of nitrogens with two attached hydrogens (primary N) is 1. The average molecular weight is 291 g/mol. The fourth-order valence-electron chi connectivity index (χ4n) is 2.19. The Bertz CT molecular complexity index is 590. The summed E-state index contributed by atoms with van der Waals surface area (Å²) in [5, 5.41) is 7.16. The SMILES string of the molecule is COC1(CNc2nc(NN)nc(-n3cncn3)n2)CCC1. The molecule has 0 atom stereocenters. The third-order valence-corrected chi connectivity index (χ3v) is 3.64. The van der Waals surface area contributed by atoms with Gasteiger partial charge in [0.15, 0.2) is 0 Å². The number of aromatic nitrogens is 6. The largest absolute Gasteiger partial charge is 0.376 e. The van der Waals surface area contributed by atoms with Crippen molar-refractivity contribution in [3.05, 3.63) is 12.7 Å². The highest BCUT2D eigenvalue weighted by molar-refractivity contribution is 5.37. The summed E-state index contributed by atoms with van der Waals surface area (Å²) in [6, 6.07) is 0. The molecular formula is C11H17N9O. The van der Waals surface area contributed by atoms with E-state index in [0.29, 0.717) is 18.4 Å². The molecule has 1 saturated carbocycles. The molecule has 1 fully saturated rings. The Morgan fingerprint density at radius 1 is 1.33 bits per heavy atom. The summed E-state index contributed by atoms with van der Waals surface area (Å²) >= 11 is 0. The number of anilines is 2. The molecule has 0 aliphatic heterocycles. The van der Waals surface area contributed by atoms with Gasteiger partial charge in [-0.2, -0.15) is 24.7 Å². The standard InChI is InChI=1S/C11H17N9O/c1-21-11(3-2-4-11)5-14-8-16-9(19-12)18-10(17-8)20-7-13-6-15-20/h6-7H,2-5,12H2,1H3,(H2,14,16,17,18,19). The molecular weight excluding hydrogens is 274 g/mol. The van der Waals surface area contributed by atoms with Crippen molar-refractivity contribution < 1.29 is 4.74 Å². The van der Waals surface area contributed by atoms with E-state index in [1.54, 1.807) is 7.11 Å². The van der Waals surface area contributed by atoms with E-state index in [9.17, 15) is 0 Å². The number of rotatable bonds is 6. The van der Waals surface area contributed by atoms with Crippen molar-refractivity contribution in [1.82, 2.24) is 29.7 Å². The Morgan fingerprint density at radius 2 is 2.14 bits per heavy atom. The molecule has 2 heterocycles. The Hall–Kier alpha value is -2.33. The first-order valence-electron chi connectivity index (χ1n) is 6.61. The molecule has 0 amide bonds. The van der Waals surface area contributed by atoms with Gasteiger partial charge in [-0.25, -0.2) is 10.8 Å². The van der Waals surface area contributed by atoms with Gasteiger partial charge in [0.2, 0.25) is 11.9 Å². The van der Waals surface area contributed by atoms with Crippen molar-refractivity contribution >= 4 is 11.9 Å². The number of hydrogen-bond acceptors (Lipinski definition) is 9. The lowest BCUT2D eigenvalue weighted by Crippen LogP contribution is -2.45. The maximum Gasteiger partial charge on any atom is 0.258 e. The van der Waals surface area contributed by atoms with E-state index >= 15 is 0 Å². The fraction of sp³-hybridized carbons (Fsp3) is 0.545. The van der Waals surface area contributed by atoms with Crippen LogP contribution in [0.4, 0.5) is 11.9 Å². The molecule has 1 aliphatic rings. The van der Waals surface area contributed by atoms with E-state index in [1.165, 1.54) is 23.8 Å². The van der Waals surface area contributed by atoms with E-state index in [2.05, 4.69) is 35.8 Å². The minimum absolute atomic E-state index is 0.129. The van der Waals surface area contributed by atoms with Crippen LogP contribution in [0.15, 0.2) is 12.7 Å². The molecule has 10 nitrogen and oxygen atoms in total. The molecule has 0 radical (unpaired) electrons. The summed E-state index contributed by atoms with van der Waals surface area (Å²) in [6.45, 7) is 0.633. The zero-order valence-corrected chi connectivity index (χ0v) is 11.7. The van der Waals surface area contributed by atoms with Crippen molar-refractivity contribution in [1.29, 1.82) is 0 Å². The number of nitrogens with zero attached hydrogens (tertiary/aromatic N) is 6. The maximum atomic E-state index is 5.55. The highest BCUT2D eigenvalue weighted by Crippen LogP contribution is 2.34. The smallest absolute Gasteiger partial charge is 0.258 e. The van der Waals surface area contributed by atoms with Crippen LogP contribution in [0.25, 0.3) is 5.95 Å². The molecule has 0 spiro atoms. The van der Waals surface area contributed by atoms with Gasteiger partial charge < -0.3 is 10.1 Å². The van der Waals surface area contributed by atoms with Gasteiger partial charge >= 0.3 is 0 Å². The monoisotopic (exact) mass is 291 g/mol. The van der Waals surface area contributed by atoms with E-state index in [-0.39, 0.29) is 11.5 Å². The van der Waals surface area contributed by atoms with E-state index in [1.807, 2.05) is 0 Å². The lowest BCUT2D eigenvalue weighted by atomic mass is 9.80. The number of hydrogen-bond donors (Lipinski definition) is 3. The van der Waals surface area contributed by atoms with Crippen LogP contribution in [0.2, 0.25) is 0 Å². The first-order valence-corrected chi connectivity index (χ1v) is 6.61. The van der Waals surface area contributed by atoms with Crippen molar-refractivity contribution in [2.75, 3.05) is 24.4 Å². The van der Waals surface area contributed by atoms with Crippen LogP contribution >= 0.6 is 0 Å². The second-order valence-corrected chi connectivity index (χ2v) is 4.86. The molecule has 0 bridgehead atoms. The highest BCUT2D eigenvalue weighted by atomic mass is 16.5. The van der Waals surface area contributed by atoms with Crippen molar-refractivity contribution in [2.24, 2.45) is 5.84 Å². The van der Waals surface area contributed by atoms with Crippen LogP contribution in [-0.4, -0.2) is 49.0 Å². The van der Waals surface area contributed by atoms with Crippen molar-refractivity contribution in [2.45, 2.75) is 24.9 Å². The van der Waals surface area contributed by atoms with Gasteiger partial charge in [0.05, 0.1) is 5.60 Å². The molecule has 2 aromatic heterocycles. The Kier molecular flexibility index (Phi) is 3.62. The van der Waals surface area contributed by atoms with Gasteiger partial charge in [0.25, 0.3) is 5.95 Å². The Morgan fingerprint density at radius 3 is 2.71 bits per heavy atom. The molecule has 0 saturated heterocycles. The number of nitrogens with one attached hydrogen (secondary N) is 2. The van der Waals surface area contributed by atoms with Crippen LogP contribution in [0, 0.1) is 0 Å². The summed E-state index contributed by atoms with van der Waals surface area (Å²) in [6.07, 6.45) is 6.13. The zero-order chi connectivity index (χ0) is 14.7. The van der Waals surface area contributed by atoms with Gasteiger partial charge in [0, 0.05) is 13.7 Å². The Labute approximate surface area is 121 Å². The number of methoxy groups -OCH3 is 1. The summed E-state index contributed by atoms with van der Waals surface area (Å²) in [4.78, 5) is 16.5. The first kappa shape index (κ1) is 13.6. The van der Waals surface area contributed by atoms with Crippen molar-refractivity contribution in [3.8, 4) is 5.95 Å². The minimum atomic E-state index is -0.129. The summed E-state index contributed by atoms with van der Waals surface area (Å²) in [7, 11) is 1.72. The molecule has 10 heteroatoms. The molecule has 2 aromatic rings. The lowest BCUT2D eigenvalue weighted by molar-refractivity contribution is -0.0602. The Balaban J connectivity index is 1.79. The summed E-state index contributed by atoms with van der Waals surface area (Å²) in [5.41, 5.74) is 2.29. The molecule has 4 N–H and O–H groups in total. The van der Waals surface area contributed by atoms with Crippen LogP contribution in [-0.2, 0) is 4.74 Å². The summed E-state index contributed by atoms with van der Waals surface area (Å²) in [5.74, 6) is 6.37. The van der Waals surface area contributed by atoms with Crippen molar-refractivity contribution in [3.63, 3.8) is 0 Å². The normalized spacial score (nSPS) is 16.3. The van der Waals surface area contributed by atoms with Gasteiger partial charge in [-0.15, -0.1) is 0 Å². The summed E-state index contributed by atoms with van der Waals surface area (Å²) < 4.78 is 6.99. The van der Waals surface area contributed by atoms with Crippen LogP contribution < -0.4 is 16.6 Å². The average Bonchev–Trinajstić information content (AvgIpc) is 3.00. The highest BCUT2D eigenvalue weighted by Gasteiger charge is 2.36. The molecule has 0 unspecified atom stereocenters. The van der Waals surface area contributed by atoms with Crippen LogP contribution in [0.3, 0.4) is 0 Å². The third kappa shape index (κ3) is 2.76. The van der Waals surface area contributed by atoms with Gasteiger partial charge in [0.1, 0.15) is 12.7 Å². The minimum Gasteiger partial charge on any atom is -0.376 e. The molecule has 21 heavy (non-hydrogen) atoms. The fourth-order valence-corrected chi connectivity index (χ4v) is 2.19. The number of ether oxygens (including phenoxy) is 1. The van der Waals surface area contributed by atoms with Crippen LogP contribution in [0.1, 0.15) is 19.3 Å². The number of hydrazine groups is 1. The predicted octanol–water partition coefficient (Wildman–Crippen LogP) is -0.281. The van der Waals surface area contributed by atoms with E-state index in [4.69, 9.17) is 10.6 Å². The first-order chi connectivity index (χ1) is 10.2. The maximum absolute atomic E-state index is 5.55. The second-order valence-electron chi connectivity index (χ2n) is 4.86. The van der Waals surface area contributed by atoms with Gasteiger partial charge in [-0.1, -0.05) is 0 Å². The topological polar surface area (TPSA) is 129 Å². The van der Waals surface area contributed by atoms with Gasteiger partial charge in [-0.3, -0.25) is 5.43 Å². The molecule has 3 rings (SSSR count).